The third-order valence-corrected chi connectivity index (χ3v) is 3.56. The van der Waals surface area contributed by atoms with Gasteiger partial charge in [-0.05, 0) is 12.1 Å². The standard InChI is InChI=1S/C17H18FN/c1-17(2,3)16(18)19-14-10-6-4-8-12(14)13-9-5-7-11-15(13)19/h4-11,16H,1-3H3. The smallest absolute Gasteiger partial charge is 0.181 e. The van der Waals surface area contributed by atoms with E-state index in [1.54, 1.807) is 0 Å². The maximum Gasteiger partial charge on any atom is 0.181 e. The number of hydrogen-bond acceptors (Lipinski definition) is 0. The van der Waals surface area contributed by atoms with Gasteiger partial charge in [-0.1, -0.05) is 57.2 Å². The second-order valence-electron chi connectivity index (χ2n) is 6.11. The molecule has 1 nitrogen and oxygen atoms in total. The molecule has 0 fully saturated rings. The summed E-state index contributed by atoms with van der Waals surface area (Å²) in [4.78, 5) is 0. The number of benzene rings is 2. The summed E-state index contributed by atoms with van der Waals surface area (Å²) in [6.07, 6.45) is -1.04. The molecule has 98 valence electrons. The van der Waals surface area contributed by atoms with Gasteiger partial charge >= 0.3 is 0 Å². The van der Waals surface area contributed by atoms with Crippen molar-refractivity contribution in [3.05, 3.63) is 48.5 Å². The molecular formula is C17H18FN. The topological polar surface area (TPSA) is 4.93 Å². The van der Waals surface area contributed by atoms with Crippen LogP contribution in [-0.4, -0.2) is 4.57 Å². The lowest BCUT2D eigenvalue weighted by molar-refractivity contribution is 0.101. The first-order valence-electron chi connectivity index (χ1n) is 6.62. The van der Waals surface area contributed by atoms with Crippen LogP contribution in [0.3, 0.4) is 0 Å². The molecule has 19 heavy (non-hydrogen) atoms. The minimum absolute atomic E-state index is 0.426. The van der Waals surface area contributed by atoms with Crippen LogP contribution in [0.1, 0.15) is 27.1 Å². The van der Waals surface area contributed by atoms with Crippen molar-refractivity contribution >= 4 is 21.8 Å². The number of rotatable bonds is 1. The fourth-order valence-electron chi connectivity index (χ4n) is 2.58. The lowest BCUT2D eigenvalue weighted by Gasteiger charge is -2.26. The highest BCUT2D eigenvalue weighted by Gasteiger charge is 2.28. The van der Waals surface area contributed by atoms with Crippen molar-refractivity contribution in [2.45, 2.75) is 27.1 Å². The third-order valence-electron chi connectivity index (χ3n) is 3.56. The number of para-hydroxylation sites is 2. The highest BCUT2D eigenvalue weighted by atomic mass is 19.1. The van der Waals surface area contributed by atoms with E-state index in [0.29, 0.717) is 0 Å². The summed E-state index contributed by atoms with van der Waals surface area (Å²) in [7, 11) is 0. The molecule has 0 saturated carbocycles. The molecule has 0 radical (unpaired) electrons. The Morgan fingerprint density at radius 2 is 1.26 bits per heavy atom. The fraction of sp³-hybridized carbons (Fsp3) is 0.294. The minimum Gasteiger partial charge on any atom is -0.309 e. The minimum atomic E-state index is -1.04. The van der Waals surface area contributed by atoms with Gasteiger partial charge in [-0.15, -0.1) is 0 Å². The second kappa shape index (κ2) is 4.09. The number of fused-ring (bicyclic) bond motifs is 3. The van der Waals surface area contributed by atoms with Gasteiger partial charge in [-0.25, -0.2) is 4.39 Å². The van der Waals surface area contributed by atoms with Crippen LogP contribution in [0.4, 0.5) is 4.39 Å². The van der Waals surface area contributed by atoms with Gasteiger partial charge in [-0.3, -0.25) is 0 Å². The SMILES string of the molecule is CC(C)(C)C(F)n1c2ccccc2c2ccccc21. The zero-order valence-corrected chi connectivity index (χ0v) is 11.5. The number of aromatic nitrogens is 1. The van der Waals surface area contributed by atoms with Crippen molar-refractivity contribution in [3.8, 4) is 0 Å². The first kappa shape index (κ1) is 12.2. The molecule has 0 aliphatic carbocycles. The van der Waals surface area contributed by atoms with Crippen molar-refractivity contribution in [2.24, 2.45) is 5.41 Å². The van der Waals surface area contributed by atoms with Crippen molar-refractivity contribution in [2.75, 3.05) is 0 Å². The first-order valence-corrected chi connectivity index (χ1v) is 6.62. The van der Waals surface area contributed by atoms with Gasteiger partial charge in [-0.2, -0.15) is 0 Å². The van der Waals surface area contributed by atoms with E-state index in [-0.39, 0.29) is 0 Å². The maximum atomic E-state index is 14.9. The molecule has 0 bridgehead atoms. The molecule has 1 heterocycles. The molecule has 2 heteroatoms. The van der Waals surface area contributed by atoms with E-state index in [0.717, 1.165) is 21.8 Å². The first-order chi connectivity index (χ1) is 9.00. The Morgan fingerprint density at radius 1 is 0.842 bits per heavy atom. The highest BCUT2D eigenvalue weighted by Crippen LogP contribution is 2.39. The van der Waals surface area contributed by atoms with Gasteiger partial charge in [0, 0.05) is 16.2 Å². The second-order valence-corrected chi connectivity index (χ2v) is 6.11. The average Bonchev–Trinajstić information content (AvgIpc) is 2.71. The zero-order valence-electron chi connectivity index (χ0n) is 11.5. The van der Waals surface area contributed by atoms with E-state index < -0.39 is 11.7 Å². The van der Waals surface area contributed by atoms with E-state index >= 15 is 0 Å². The van der Waals surface area contributed by atoms with Gasteiger partial charge in [0.25, 0.3) is 0 Å². The molecule has 0 spiro atoms. The van der Waals surface area contributed by atoms with Gasteiger partial charge in [0.05, 0.1) is 11.0 Å². The molecule has 2 aromatic carbocycles. The average molecular weight is 255 g/mol. The molecule has 3 aromatic rings. The Kier molecular flexibility index (Phi) is 2.63. The Labute approximate surface area is 112 Å². The quantitative estimate of drug-likeness (QED) is 0.555. The van der Waals surface area contributed by atoms with Crippen molar-refractivity contribution < 1.29 is 4.39 Å². The van der Waals surface area contributed by atoms with Gasteiger partial charge in [0.15, 0.2) is 6.30 Å². The monoisotopic (exact) mass is 255 g/mol. The molecular weight excluding hydrogens is 237 g/mol. The maximum absolute atomic E-state index is 14.9. The van der Waals surface area contributed by atoms with Crippen LogP contribution in [0, 0.1) is 5.41 Å². The number of halogens is 1. The van der Waals surface area contributed by atoms with Crippen LogP contribution in [0.5, 0.6) is 0 Å². The molecule has 1 aromatic heterocycles. The lowest BCUT2D eigenvalue weighted by atomic mass is 9.95. The molecule has 1 unspecified atom stereocenters. The number of nitrogens with zero attached hydrogens (tertiary/aromatic N) is 1. The van der Waals surface area contributed by atoms with E-state index in [1.807, 2.05) is 61.7 Å². The summed E-state index contributed by atoms with van der Waals surface area (Å²) in [5, 5.41) is 2.23. The van der Waals surface area contributed by atoms with Crippen molar-refractivity contribution in [3.63, 3.8) is 0 Å². The predicted molar refractivity (Wildman–Crippen MR) is 79.0 cm³/mol. The molecule has 3 rings (SSSR count). The third kappa shape index (κ3) is 1.83. The Morgan fingerprint density at radius 3 is 1.68 bits per heavy atom. The largest absolute Gasteiger partial charge is 0.309 e. The molecule has 0 aliphatic rings. The Balaban J connectivity index is 2.43. The van der Waals surface area contributed by atoms with E-state index in [9.17, 15) is 4.39 Å². The van der Waals surface area contributed by atoms with E-state index in [2.05, 4.69) is 12.1 Å². The van der Waals surface area contributed by atoms with Crippen LogP contribution < -0.4 is 0 Å². The lowest BCUT2D eigenvalue weighted by Crippen LogP contribution is -2.20. The van der Waals surface area contributed by atoms with Gasteiger partial charge in [0.1, 0.15) is 0 Å². The van der Waals surface area contributed by atoms with Crippen LogP contribution in [0.2, 0.25) is 0 Å². The number of alkyl halides is 1. The summed E-state index contributed by atoms with van der Waals surface area (Å²) in [6.45, 7) is 5.80. The predicted octanol–water partition coefficient (Wildman–Crippen LogP) is 5.31. The summed E-state index contributed by atoms with van der Waals surface area (Å²) < 4.78 is 16.7. The summed E-state index contributed by atoms with van der Waals surface area (Å²) in [5.74, 6) is 0. The van der Waals surface area contributed by atoms with Crippen LogP contribution in [0.25, 0.3) is 21.8 Å². The zero-order chi connectivity index (χ0) is 13.6. The van der Waals surface area contributed by atoms with Crippen molar-refractivity contribution in [1.29, 1.82) is 0 Å². The summed E-state index contributed by atoms with van der Waals surface area (Å²) in [6, 6.07) is 16.0. The molecule has 0 amide bonds. The summed E-state index contributed by atoms with van der Waals surface area (Å²) in [5.41, 5.74) is 1.50. The summed E-state index contributed by atoms with van der Waals surface area (Å²) >= 11 is 0. The van der Waals surface area contributed by atoms with Crippen LogP contribution >= 0.6 is 0 Å². The molecule has 1 atom stereocenters. The van der Waals surface area contributed by atoms with Gasteiger partial charge in [0.2, 0.25) is 0 Å². The number of hydrogen-bond donors (Lipinski definition) is 0. The highest BCUT2D eigenvalue weighted by molar-refractivity contribution is 6.08. The van der Waals surface area contributed by atoms with Gasteiger partial charge < -0.3 is 4.57 Å². The van der Waals surface area contributed by atoms with Crippen LogP contribution in [-0.2, 0) is 0 Å². The molecule has 0 aliphatic heterocycles. The molecule has 0 saturated heterocycles. The fourth-order valence-corrected chi connectivity index (χ4v) is 2.58. The van der Waals surface area contributed by atoms with Crippen molar-refractivity contribution in [1.82, 2.24) is 4.57 Å². The normalized spacial score (nSPS) is 14.1. The van der Waals surface area contributed by atoms with E-state index in [4.69, 9.17) is 0 Å². The van der Waals surface area contributed by atoms with E-state index in [1.165, 1.54) is 0 Å². The van der Waals surface area contributed by atoms with Crippen LogP contribution in [0.15, 0.2) is 48.5 Å². The Bertz CT molecular complexity index is 680. The molecule has 0 N–H and O–H groups in total. The Hall–Kier alpha value is -1.83.